The maximum absolute atomic E-state index is 12.8. The molecule has 0 radical (unpaired) electrons. The van der Waals surface area contributed by atoms with Gasteiger partial charge in [0.15, 0.2) is 0 Å². The standard InChI is InChI=1S/C21H18N4O5/c1-13(14-7-4-3-5-8-14)25-20(27)19(26)24(21(25)28)12-17-22-18(23-30-17)15-9-6-10-16(11-15)29-2/h3-11,13H,12H2,1-2H3. The van der Waals surface area contributed by atoms with E-state index in [4.69, 9.17) is 9.26 Å². The molecule has 0 bridgehead atoms. The maximum Gasteiger partial charge on any atom is 0.335 e. The Labute approximate surface area is 171 Å². The normalized spacial score (nSPS) is 15.1. The molecule has 2 aromatic carbocycles. The number of carbonyl (C=O) groups excluding carboxylic acids is 3. The molecule has 4 rings (SSSR count). The molecule has 30 heavy (non-hydrogen) atoms. The summed E-state index contributed by atoms with van der Waals surface area (Å²) in [5, 5.41) is 3.89. The van der Waals surface area contributed by atoms with Gasteiger partial charge in [-0.15, -0.1) is 0 Å². The van der Waals surface area contributed by atoms with Crippen LogP contribution in [-0.4, -0.2) is 44.9 Å². The summed E-state index contributed by atoms with van der Waals surface area (Å²) in [4.78, 5) is 43.7. The van der Waals surface area contributed by atoms with Crippen LogP contribution in [0.4, 0.5) is 4.79 Å². The van der Waals surface area contributed by atoms with Gasteiger partial charge in [-0.2, -0.15) is 4.98 Å². The Morgan fingerprint density at radius 1 is 1.03 bits per heavy atom. The van der Waals surface area contributed by atoms with E-state index in [9.17, 15) is 14.4 Å². The van der Waals surface area contributed by atoms with Crippen LogP contribution in [0.5, 0.6) is 5.75 Å². The molecule has 0 aliphatic carbocycles. The van der Waals surface area contributed by atoms with E-state index in [0.717, 1.165) is 15.4 Å². The van der Waals surface area contributed by atoms with Gasteiger partial charge in [0.2, 0.25) is 11.7 Å². The molecule has 0 saturated carbocycles. The topological polar surface area (TPSA) is 106 Å². The Morgan fingerprint density at radius 2 is 1.80 bits per heavy atom. The van der Waals surface area contributed by atoms with Crippen LogP contribution in [0, 0.1) is 0 Å². The third kappa shape index (κ3) is 3.41. The Balaban J connectivity index is 1.54. The predicted molar refractivity (Wildman–Crippen MR) is 104 cm³/mol. The minimum atomic E-state index is -0.927. The van der Waals surface area contributed by atoms with Crippen molar-refractivity contribution in [1.82, 2.24) is 19.9 Å². The first-order valence-corrected chi connectivity index (χ1v) is 9.20. The number of rotatable bonds is 6. The fourth-order valence-corrected chi connectivity index (χ4v) is 3.22. The van der Waals surface area contributed by atoms with Crippen LogP contribution >= 0.6 is 0 Å². The second kappa shape index (κ2) is 7.78. The summed E-state index contributed by atoms with van der Waals surface area (Å²) in [7, 11) is 1.55. The third-order valence-corrected chi connectivity index (χ3v) is 4.84. The number of aromatic nitrogens is 2. The highest BCUT2D eigenvalue weighted by Gasteiger charge is 2.47. The van der Waals surface area contributed by atoms with E-state index < -0.39 is 23.9 Å². The Hall–Kier alpha value is -4.01. The summed E-state index contributed by atoms with van der Waals surface area (Å²) in [5.74, 6) is -0.868. The number of amides is 4. The number of ether oxygens (including phenoxy) is 1. The SMILES string of the molecule is COc1cccc(-c2noc(CN3C(=O)C(=O)N(C(C)c4ccccc4)C3=O)n2)c1. The van der Waals surface area contributed by atoms with E-state index in [1.54, 1.807) is 62.6 Å². The van der Waals surface area contributed by atoms with Crippen molar-refractivity contribution in [3.05, 3.63) is 66.1 Å². The summed E-state index contributed by atoms with van der Waals surface area (Å²) >= 11 is 0. The molecule has 0 N–H and O–H groups in total. The molecule has 1 aromatic heterocycles. The van der Waals surface area contributed by atoms with Gasteiger partial charge in [-0.1, -0.05) is 47.6 Å². The average molecular weight is 406 g/mol. The van der Waals surface area contributed by atoms with Crippen LogP contribution in [0.2, 0.25) is 0 Å². The molecule has 2 heterocycles. The van der Waals surface area contributed by atoms with E-state index in [1.165, 1.54) is 0 Å². The molecule has 1 atom stereocenters. The zero-order chi connectivity index (χ0) is 21.3. The maximum atomic E-state index is 12.8. The van der Waals surface area contributed by atoms with Gasteiger partial charge in [-0.05, 0) is 24.6 Å². The Kier molecular flexibility index (Phi) is 5.01. The minimum absolute atomic E-state index is 0.0385. The van der Waals surface area contributed by atoms with Crippen molar-refractivity contribution in [2.24, 2.45) is 0 Å². The molecule has 1 fully saturated rings. The second-order valence-electron chi connectivity index (χ2n) is 6.68. The lowest BCUT2D eigenvalue weighted by atomic mass is 10.1. The molecular weight excluding hydrogens is 388 g/mol. The molecule has 3 aromatic rings. The smallest absolute Gasteiger partial charge is 0.335 e. The van der Waals surface area contributed by atoms with Crippen LogP contribution in [-0.2, 0) is 16.1 Å². The van der Waals surface area contributed by atoms with Crippen molar-refractivity contribution < 1.29 is 23.6 Å². The summed E-state index contributed by atoms with van der Waals surface area (Å²) in [5.41, 5.74) is 1.39. The number of methoxy groups -OCH3 is 1. The second-order valence-corrected chi connectivity index (χ2v) is 6.68. The first kappa shape index (κ1) is 19.3. The van der Waals surface area contributed by atoms with Crippen LogP contribution in [0.1, 0.15) is 24.4 Å². The van der Waals surface area contributed by atoms with Crippen molar-refractivity contribution in [3.63, 3.8) is 0 Å². The van der Waals surface area contributed by atoms with Crippen LogP contribution < -0.4 is 4.74 Å². The van der Waals surface area contributed by atoms with Gasteiger partial charge in [-0.25, -0.2) is 14.6 Å². The molecule has 9 heteroatoms. The highest BCUT2D eigenvalue weighted by Crippen LogP contribution is 2.27. The van der Waals surface area contributed by atoms with E-state index in [1.807, 2.05) is 6.07 Å². The number of urea groups is 1. The lowest BCUT2D eigenvalue weighted by Gasteiger charge is -2.21. The molecule has 1 aliphatic heterocycles. The Morgan fingerprint density at radius 3 is 2.53 bits per heavy atom. The van der Waals surface area contributed by atoms with E-state index in [2.05, 4.69) is 10.1 Å². The fourth-order valence-electron chi connectivity index (χ4n) is 3.22. The number of carbonyl (C=O) groups is 3. The first-order valence-electron chi connectivity index (χ1n) is 9.20. The predicted octanol–water partition coefficient (Wildman–Crippen LogP) is 2.80. The monoisotopic (exact) mass is 406 g/mol. The summed E-state index contributed by atoms with van der Waals surface area (Å²) < 4.78 is 10.4. The zero-order valence-corrected chi connectivity index (χ0v) is 16.3. The minimum Gasteiger partial charge on any atom is -0.497 e. The number of imide groups is 2. The fraction of sp³-hybridized carbons (Fsp3) is 0.190. The number of nitrogens with zero attached hydrogens (tertiary/aromatic N) is 4. The van der Waals surface area contributed by atoms with Crippen molar-refractivity contribution in [3.8, 4) is 17.1 Å². The summed E-state index contributed by atoms with van der Waals surface area (Å²) in [6.45, 7) is 1.40. The van der Waals surface area contributed by atoms with Crippen molar-refractivity contribution in [1.29, 1.82) is 0 Å². The molecule has 1 unspecified atom stereocenters. The van der Waals surface area contributed by atoms with Gasteiger partial charge in [0.05, 0.1) is 13.2 Å². The van der Waals surface area contributed by atoms with Gasteiger partial charge < -0.3 is 9.26 Å². The lowest BCUT2D eigenvalue weighted by Crippen LogP contribution is -2.35. The van der Waals surface area contributed by atoms with Gasteiger partial charge >= 0.3 is 17.8 Å². The van der Waals surface area contributed by atoms with Crippen molar-refractivity contribution in [2.45, 2.75) is 19.5 Å². The van der Waals surface area contributed by atoms with E-state index >= 15 is 0 Å². The van der Waals surface area contributed by atoms with Crippen molar-refractivity contribution >= 4 is 17.8 Å². The molecule has 9 nitrogen and oxygen atoms in total. The highest BCUT2D eigenvalue weighted by molar-refractivity contribution is 6.44. The number of benzene rings is 2. The van der Waals surface area contributed by atoms with Crippen molar-refractivity contribution in [2.75, 3.05) is 7.11 Å². The zero-order valence-electron chi connectivity index (χ0n) is 16.3. The van der Waals surface area contributed by atoms with Gasteiger partial charge in [0, 0.05) is 5.56 Å². The average Bonchev–Trinajstić information content (AvgIpc) is 3.33. The van der Waals surface area contributed by atoms with Crippen LogP contribution in [0.3, 0.4) is 0 Å². The molecule has 1 aliphatic rings. The van der Waals surface area contributed by atoms with Gasteiger partial charge in [0.1, 0.15) is 12.3 Å². The molecule has 152 valence electrons. The third-order valence-electron chi connectivity index (χ3n) is 4.84. The largest absolute Gasteiger partial charge is 0.497 e. The van der Waals surface area contributed by atoms with Gasteiger partial charge in [0.25, 0.3) is 0 Å². The first-order chi connectivity index (χ1) is 14.5. The summed E-state index contributed by atoms with van der Waals surface area (Å²) in [6.07, 6.45) is 0. The van der Waals surface area contributed by atoms with E-state index in [-0.39, 0.29) is 18.3 Å². The van der Waals surface area contributed by atoms with Gasteiger partial charge in [-0.3, -0.25) is 9.59 Å². The number of hydrogen-bond donors (Lipinski definition) is 0. The highest BCUT2D eigenvalue weighted by atomic mass is 16.5. The molecular formula is C21H18N4O5. The van der Waals surface area contributed by atoms with E-state index in [0.29, 0.717) is 11.3 Å². The molecule has 4 amide bonds. The Bertz CT molecular complexity index is 1110. The summed E-state index contributed by atoms with van der Waals surface area (Å²) in [6, 6.07) is 14.8. The molecule has 0 spiro atoms. The van der Waals surface area contributed by atoms with Crippen LogP contribution in [0.15, 0.2) is 59.1 Å². The number of hydrogen-bond acceptors (Lipinski definition) is 7. The molecule has 1 saturated heterocycles. The van der Waals surface area contributed by atoms with Crippen LogP contribution in [0.25, 0.3) is 11.4 Å². The quantitative estimate of drug-likeness (QED) is 0.458. The lowest BCUT2D eigenvalue weighted by molar-refractivity contribution is -0.144.